The third kappa shape index (κ3) is 3.26. The lowest BCUT2D eigenvalue weighted by molar-refractivity contribution is 0.0600. The maximum absolute atomic E-state index is 11.6. The molecular formula is C23H26O2. The van der Waals surface area contributed by atoms with E-state index in [9.17, 15) is 4.79 Å². The molecule has 2 aromatic rings. The number of methoxy groups -OCH3 is 1. The van der Waals surface area contributed by atoms with Crippen LogP contribution in [0, 0.1) is 6.92 Å². The van der Waals surface area contributed by atoms with Crippen molar-refractivity contribution >= 4 is 11.5 Å². The summed E-state index contributed by atoms with van der Waals surface area (Å²) in [7, 11) is 1.40. The Morgan fingerprint density at radius 1 is 1.12 bits per heavy atom. The zero-order valence-electron chi connectivity index (χ0n) is 15.6. The molecule has 130 valence electrons. The van der Waals surface area contributed by atoms with Crippen molar-refractivity contribution in [3.05, 3.63) is 76.4 Å². The van der Waals surface area contributed by atoms with Crippen LogP contribution in [0.5, 0.6) is 0 Å². The molecule has 1 aliphatic carbocycles. The summed E-state index contributed by atoms with van der Waals surface area (Å²) in [5, 5.41) is 0. The van der Waals surface area contributed by atoms with Gasteiger partial charge in [0.15, 0.2) is 0 Å². The molecule has 0 aromatic heterocycles. The van der Waals surface area contributed by atoms with Gasteiger partial charge in [0.25, 0.3) is 0 Å². The van der Waals surface area contributed by atoms with E-state index in [1.54, 1.807) is 12.1 Å². The van der Waals surface area contributed by atoms with E-state index in [2.05, 4.69) is 39.5 Å². The number of aryl methyl sites for hydroxylation is 2. The number of esters is 1. The highest BCUT2D eigenvalue weighted by Gasteiger charge is 2.28. The molecule has 0 heterocycles. The average Bonchev–Trinajstić information content (AvgIpc) is 2.60. The number of hydrogen-bond donors (Lipinski definition) is 0. The van der Waals surface area contributed by atoms with Gasteiger partial charge in [-0.1, -0.05) is 44.7 Å². The van der Waals surface area contributed by atoms with E-state index in [1.165, 1.54) is 42.2 Å². The maximum Gasteiger partial charge on any atom is 0.337 e. The molecule has 0 atom stereocenters. The van der Waals surface area contributed by atoms with Crippen LogP contribution in [0.25, 0.3) is 5.57 Å². The SMILES string of the molecule is C=C(c1ccc(C(=O)OC)cc1)c1cc2c(cc1C)C(C)(C)CCC2. The Balaban J connectivity index is 1.96. The number of carbonyl (C=O) groups is 1. The first-order valence-electron chi connectivity index (χ1n) is 8.85. The van der Waals surface area contributed by atoms with Crippen LogP contribution in [0.3, 0.4) is 0 Å². The van der Waals surface area contributed by atoms with Crippen LogP contribution in [-0.4, -0.2) is 13.1 Å². The van der Waals surface area contributed by atoms with E-state index in [0.29, 0.717) is 5.56 Å². The fraction of sp³-hybridized carbons (Fsp3) is 0.348. The first kappa shape index (κ1) is 17.5. The molecular weight excluding hydrogens is 308 g/mol. The smallest absolute Gasteiger partial charge is 0.337 e. The summed E-state index contributed by atoms with van der Waals surface area (Å²) in [5.74, 6) is -0.315. The fourth-order valence-corrected chi connectivity index (χ4v) is 3.85. The van der Waals surface area contributed by atoms with Gasteiger partial charge in [-0.15, -0.1) is 0 Å². The average molecular weight is 334 g/mol. The number of carbonyl (C=O) groups excluding carboxylic acids is 1. The Morgan fingerprint density at radius 3 is 2.40 bits per heavy atom. The lowest BCUT2D eigenvalue weighted by Gasteiger charge is -2.33. The summed E-state index contributed by atoms with van der Waals surface area (Å²) >= 11 is 0. The monoisotopic (exact) mass is 334 g/mol. The molecule has 0 aliphatic heterocycles. The molecule has 2 aromatic carbocycles. The van der Waals surface area contributed by atoms with Gasteiger partial charge in [0.05, 0.1) is 12.7 Å². The fourth-order valence-electron chi connectivity index (χ4n) is 3.85. The summed E-state index contributed by atoms with van der Waals surface area (Å²) in [5.41, 5.74) is 8.23. The molecule has 0 radical (unpaired) electrons. The van der Waals surface area contributed by atoms with E-state index in [4.69, 9.17) is 4.74 Å². The predicted molar refractivity (Wildman–Crippen MR) is 103 cm³/mol. The van der Waals surface area contributed by atoms with Crippen LogP contribution >= 0.6 is 0 Å². The van der Waals surface area contributed by atoms with E-state index in [1.807, 2.05) is 12.1 Å². The highest BCUT2D eigenvalue weighted by atomic mass is 16.5. The Labute approximate surface area is 150 Å². The molecule has 0 fully saturated rings. The summed E-state index contributed by atoms with van der Waals surface area (Å²) in [6, 6.07) is 12.1. The van der Waals surface area contributed by atoms with E-state index in [-0.39, 0.29) is 11.4 Å². The largest absolute Gasteiger partial charge is 0.465 e. The van der Waals surface area contributed by atoms with Gasteiger partial charge in [-0.3, -0.25) is 0 Å². The quantitative estimate of drug-likeness (QED) is 0.697. The third-order valence-corrected chi connectivity index (χ3v) is 5.41. The first-order valence-corrected chi connectivity index (χ1v) is 8.85. The first-order chi connectivity index (χ1) is 11.8. The Hall–Kier alpha value is -2.35. The molecule has 0 saturated heterocycles. The number of ether oxygens (including phenoxy) is 1. The molecule has 0 saturated carbocycles. The number of hydrogen-bond acceptors (Lipinski definition) is 2. The van der Waals surface area contributed by atoms with Gasteiger partial charge < -0.3 is 4.74 Å². The van der Waals surface area contributed by atoms with Crippen molar-refractivity contribution in [1.29, 1.82) is 0 Å². The summed E-state index contributed by atoms with van der Waals surface area (Å²) in [6.07, 6.45) is 3.62. The van der Waals surface area contributed by atoms with Crippen molar-refractivity contribution in [1.82, 2.24) is 0 Å². The maximum atomic E-state index is 11.6. The molecule has 25 heavy (non-hydrogen) atoms. The summed E-state index contributed by atoms with van der Waals surface area (Å²) < 4.78 is 4.76. The van der Waals surface area contributed by atoms with Gasteiger partial charge in [0.1, 0.15) is 0 Å². The van der Waals surface area contributed by atoms with Crippen LogP contribution < -0.4 is 0 Å². The standard InChI is InChI=1S/C23H26O2/c1-15-13-21-19(7-6-12-23(21,3)4)14-20(15)16(2)17-8-10-18(11-9-17)22(24)25-5/h8-11,13-14H,2,6-7,12H2,1,3-5H3. The van der Waals surface area contributed by atoms with Crippen molar-refractivity contribution in [3.8, 4) is 0 Å². The second kappa shape index (κ2) is 6.51. The van der Waals surface area contributed by atoms with E-state index < -0.39 is 0 Å². The zero-order chi connectivity index (χ0) is 18.2. The molecule has 0 bridgehead atoms. The third-order valence-electron chi connectivity index (χ3n) is 5.41. The second-order valence-electron chi connectivity index (χ2n) is 7.61. The minimum absolute atomic E-state index is 0.250. The highest BCUT2D eigenvalue weighted by Crippen LogP contribution is 2.39. The minimum Gasteiger partial charge on any atom is -0.465 e. The number of benzene rings is 2. The number of fused-ring (bicyclic) bond motifs is 1. The zero-order valence-corrected chi connectivity index (χ0v) is 15.6. The van der Waals surface area contributed by atoms with Gasteiger partial charge in [-0.25, -0.2) is 4.79 Å². The van der Waals surface area contributed by atoms with Gasteiger partial charge in [0.2, 0.25) is 0 Å². The highest BCUT2D eigenvalue weighted by molar-refractivity contribution is 5.90. The summed E-state index contributed by atoms with van der Waals surface area (Å²) in [6.45, 7) is 11.2. The Kier molecular flexibility index (Phi) is 4.55. The van der Waals surface area contributed by atoms with E-state index in [0.717, 1.165) is 17.6 Å². The second-order valence-corrected chi connectivity index (χ2v) is 7.61. The van der Waals surface area contributed by atoms with Crippen LogP contribution in [0.15, 0.2) is 43.0 Å². The lowest BCUT2D eigenvalue weighted by Crippen LogP contribution is -2.24. The minimum atomic E-state index is -0.315. The van der Waals surface area contributed by atoms with Gasteiger partial charge >= 0.3 is 5.97 Å². The number of rotatable bonds is 3. The van der Waals surface area contributed by atoms with Crippen molar-refractivity contribution in [2.75, 3.05) is 7.11 Å². The van der Waals surface area contributed by atoms with E-state index >= 15 is 0 Å². The van der Waals surface area contributed by atoms with Gasteiger partial charge in [0, 0.05) is 0 Å². The van der Waals surface area contributed by atoms with Crippen LogP contribution in [-0.2, 0) is 16.6 Å². The van der Waals surface area contributed by atoms with Crippen LogP contribution in [0.2, 0.25) is 0 Å². The van der Waals surface area contributed by atoms with Crippen molar-refractivity contribution in [3.63, 3.8) is 0 Å². The van der Waals surface area contributed by atoms with Crippen molar-refractivity contribution in [2.45, 2.75) is 45.4 Å². The topological polar surface area (TPSA) is 26.3 Å². The molecule has 0 unspecified atom stereocenters. The molecule has 3 rings (SSSR count). The molecule has 2 nitrogen and oxygen atoms in total. The summed E-state index contributed by atoms with van der Waals surface area (Å²) in [4.78, 5) is 11.6. The lowest BCUT2D eigenvalue weighted by atomic mass is 9.71. The normalized spacial score (nSPS) is 15.4. The molecule has 1 aliphatic rings. The van der Waals surface area contributed by atoms with Crippen molar-refractivity contribution in [2.24, 2.45) is 0 Å². The predicted octanol–water partition coefficient (Wildman–Crippen LogP) is 5.46. The van der Waals surface area contributed by atoms with Crippen LogP contribution in [0.4, 0.5) is 0 Å². The van der Waals surface area contributed by atoms with Gasteiger partial charge in [-0.05, 0) is 77.1 Å². The van der Waals surface area contributed by atoms with Crippen molar-refractivity contribution < 1.29 is 9.53 Å². The molecule has 0 amide bonds. The van der Waals surface area contributed by atoms with Crippen LogP contribution in [0.1, 0.15) is 64.9 Å². The Morgan fingerprint density at radius 2 is 1.76 bits per heavy atom. The molecule has 0 spiro atoms. The Bertz CT molecular complexity index is 826. The molecule has 2 heteroatoms. The van der Waals surface area contributed by atoms with Gasteiger partial charge in [-0.2, -0.15) is 0 Å². The molecule has 0 N–H and O–H groups in total.